The van der Waals surface area contributed by atoms with Gasteiger partial charge in [0.15, 0.2) is 0 Å². The van der Waals surface area contributed by atoms with Gasteiger partial charge in [-0.25, -0.2) is 0 Å². The predicted octanol–water partition coefficient (Wildman–Crippen LogP) is 6.70. The van der Waals surface area contributed by atoms with Gasteiger partial charge < -0.3 is 4.84 Å². The normalized spacial score (nSPS) is 16.3. The van der Waals surface area contributed by atoms with Crippen molar-refractivity contribution in [2.45, 2.75) is 13.0 Å². The molecule has 2 nitrogen and oxygen atoms in total. The fourth-order valence-corrected chi connectivity index (χ4v) is 5.12. The molecule has 6 heteroatoms. The molecule has 0 fully saturated rings. The van der Waals surface area contributed by atoms with Gasteiger partial charge in [0, 0.05) is 38.3 Å². The third-order valence-electron chi connectivity index (χ3n) is 4.34. The van der Waals surface area contributed by atoms with Crippen LogP contribution in [0.1, 0.15) is 16.7 Å². The van der Waals surface area contributed by atoms with Crippen LogP contribution in [0.2, 0.25) is 10.0 Å². The maximum atomic E-state index is 6.64. The van der Waals surface area contributed by atoms with Crippen LogP contribution in [0.25, 0.3) is 4.91 Å². The number of hydrogen-bond donors (Lipinski definition) is 0. The monoisotopic (exact) mass is 421 g/mol. The summed E-state index contributed by atoms with van der Waals surface area (Å²) in [6.45, 7) is 0.282. The number of thioether (sulfide) groups is 1. The van der Waals surface area contributed by atoms with Crippen molar-refractivity contribution in [3.8, 4) is 0 Å². The SMILES string of the molecule is ClC1=C(/C=N\OCc2ccc(Cl)cc2Cl)CSC2=C1Cc1ccccc12. The van der Waals surface area contributed by atoms with Crippen LogP contribution in [0, 0.1) is 0 Å². The van der Waals surface area contributed by atoms with Crippen molar-refractivity contribution in [2.24, 2.45) is 5.16 Å². The van der Waals surface area contributed by atoms with E-state index in [0.29, 0.717) is 10.0 Å². The van der Waals surface area contributed by atoms with Crippen LogP contribution in [-0.2, 0) is 17.9 Å². The molecule has 0 bridgehead atoms. The highest BCUT2D eigenvalue weighted by atomic mass is 35.5. The highest BCUT2D eigenvalue weighted by Gasteiger charge is 2.28. The molecule has 2 aromatic rings. The van der Waals surface area contributed by atoms with Crippen LogP contribution in [-0.4, -0.2) is 12.0 Å². The van der Waals surface area contributed by atoms with E-state index in [1.807, 2.05) is 6.07 Å². The summed E-state index contributed by atoms with van der Waals surface area (Å²) in [6, 6.07) is 13.7. The standard InChI is InChI=1S/C20H14Cl3NOS/c21-15-6-5-13(18(22)8-15)10-25-24-9-14-11-26-20-16-4-2-1-3-12(16)7-17(20)19(14)23/h1-6,8-9H,7,10-11H2/b24-9-. The summed E-state index contributed by atoms with van der Waals surface area (Å²) in [7, 11) is 0. The van der Waals surface area contributed by atoms with Gasteiger partial charge in [0.2, 0.25) is 0 Å². The Morgan fingerprint density at radius 3 is 2.81 bits per heavy atom. The second kappa shape index (κ2) is 7.69. The summed E-state index contributed by atoms with van der Waals surface area (Å²) in [5.41, 5.74) is 5.63. The molecule has 1 aliphatic heterocycles. The molecule has 0 radical (unpaired) electrons. The van der Waals surface area contributed by atoms with Gasteiger partial charge in [-0.3, -0.25) is 0 Å². The fourth-order valence-electron chi connectivity index (χ4n) is 3.02. The summed E-state index contributed by atoms with van der Waals surface area (Å²) in [5, 5.41) is 6.02. The predicted molar refractivity (Wildman–Crippen MR) is 112 cm³/mol. The summed E-state index contributed by atoms with van der Waals surface area (Å²) in [6.07, 6.45) is 2.57. The molecule has 0 saturated heterocycles. The second-order valence-corrected chi connectivity index (χ2v) is 8.22. The third kappa shape index (κ3) is 3.54. The lowest BCUT2D eigenvalue weighted by atomic mass is 10.1. The summed E-state index contributed by atoms with van der Waals surface area (Å²) in [4.78, 5) is 6.68. The molecule has 0 N–H and O–H groups in total. The van der Waals surface area contributed by atoms with Gasteiger partial charge in [-0.05, 0) is 28.8 Å². The van der Waals surface area contributed by atoms with Crippen molar-refractivity contribution in [1.82, 2.24) is 0 Å². The quantitative estimate of drug-likeness (QED) is 0.404. The Labute approximate surface area is 171 Å². The van der Waals surface area contributed by atoms with Crippen molar-refractivity contribution < 1.29 is 4.84 Å². The Bertz CT molecular complexity index is 965. The van der Waals surface area contributed by atoms with Gasteiger partial charge in [0.05, 0.1) is 11.2 Å². The van der Waals surface area contributed by atoms with Crippen molar-refractivity contribution in [2.75, 3.05) is 5.75 Å². The molecule has 0 saturated carbocycles. The number of halogens is 3. The molecule has 0 aromatic heterocycles. The molecular formula is C20H14Cl3NOS. The van der Waals surface area contributed by atoms with E-state index in [2.05, 4.69) is 29.4 Å². The highest BCUT2D eigenvalue weighted by molar-refractivity contribution is 8.08. The lowest BCUT2D eigenvalue weighted by Crippen LogP contribution is -2.02. The minimum Gasteiger partial charge on any atom is -0.391 e. The van der Waals surface area contributed by atoms with Crippen LogP contribution in [0.5, 0.6) is 0 Å². The average molecular weight is 423 g/mol. The lowest BCUT2D eigenvalue weighted by molar-refractivity contribution is 0.132. The Morgan fingerprint density at radius 1 is 1.12 bits per heavy atom. The first kappa shape index (κ1) is 18.0. The first-order valence-corrected chi connectivity index (χ1v) is 10.2. The average Bonchev–Trinajstić information content (AvgIpc) is 3.01. The molecular weight excluding hydrogens is 409 g/mol. The first-order valence-electron chi connectivity index (χ1n) is 8.06. The van der Waals surface area contributed by atoms with E-state index >= 15 is 0 Å². The van der Waals surface area contributed by atoms with Crippen molar-refractivity contribution in [1.29, 1.82) is 0 Å². The zero-order chi connectivity index (χ0) is 18.1. The topological polar surface area (TPSA) is 21.6 Å². The number of benzene rings is 2. The van der Waals surface area contributed by atoms with Crippen LogP contribution < -0.4 is 0 Å². The zero-order valence-electron chi connectivity index (χ0n) is 13.6. The molecule has 0 atom stereocenters. The molecule has 0 spiro atoms. The maximum absolute atomic E-state index is 6.64. The van der Waals surface area contributed by atoms with E-state index in [-0.39, 0.29) is 6.61 Å². The van der Waals surface area contributed by atoms with Crippen molar-refractivity contribution in [3.63, 3.8) is 0 Å². The van der Waals surface area contributed by atoms with E-state index in [4.69, 9.17) is 39.6 Å². The smallest absolute Gasteiger partial charge is 0.143 e. The lowest BCUT2D eigenvalue weighted by Gasteiger charge is -2.16. The van der Waals surface area contributed by atoms with Gasteiger partial charge in [-0.1, -0.05) is 70.3 Å². The van der Waals surface area contributed by atoms with Crippen LogP contribution >= 0.6 is 46.6 Å². The second-order valence-electron chi connectivity index (χ2n) is 6.01. The highest BCUT2D eigenvalue weighted by Crippen LogP contribution is 2.48. The molecule has 2 aliphatic rings. The molecule has 26 heavy (non-hydrogen) atoms. The Balaban J connectivity index is 1.46. The van der Waals surface area contributed by atoms with Crippen molar-refractivity contribution in [3.05, 3.63) is 85.4 Å². The molecule has 4 rings (SSSR count). The molecule has 2 aromatic carbocycles. The minimum absolute atomic E-state index is 0.282. The number of nitrogens with zero attached hydrogens (tertiary/aromatic N) is 1. The minimum atomic E-state index is 0.282. The number of fused-ring (bicyclic) bond motifs is 2. The van der Waals surface area contributed by atoms with E-state index in [1.54, 1.807) is 30.1 Å². The van der Waals surface area contributed by atoms with Gasteiger partial charge in [-0.2, -0.15) is 0 Å². The number of allylic oxidation sites excluding steroid dienone is 2. The van der Waals surface area contributed by atoms with E-state index in [9.17, 15) is 0 Å². The molecule has 0 amide bonds. The Kier molecular flexibility index (Phi) is 5.32. The molecule has 0 unspecified atom stereocenters. The van der Waals surface area contributed by atoms with Gasteiger partial charge in [-0.15, -0.1) is 11.8 Å². The Morgan fingerprint density at radius 2 is 1.96 bits per heavy atom. The number of hydrogen-bond acceptors (Lipinski definition) is 3. The zero-order valence-corrected chi connectivity index (χ0v) is 16.7. The fraction of sp³-hybridized carbons (Fsp3) is 0.150. The Hall–Kier alpha value is -1.39. The summed E-state index contributed by atoms with van der Waals surface area (Å²) < 4.78 is 0. The van der Waals surface area contributed by atoms with Gasteiger partial charge in [0.1, 0.15) is 6.61 Å². The largest absolute Gasteiger partial charge is 0.391 e. The third-order valence-corrected chi connectivity index (χ3v) is 6.61. The number of rotatable bonds is 4. The molecule has 132 valence electrons. The van der Waals surface area contributed by atoms with E-state index in [1.165, 1.54) is 21.6 Å². The first-order chi connectivity index (χ1) is 12.6. The van der Waals surface area contributed by atoms with Crippen LogP contribution in [0.15, 0.2) is 63.8 Å². The number of oxime groups is 1. The van der Waals surface area contributed by atoms with Crippen LogP contribution in [0.4, 0.5) is 0 Å². The molecule has 1 aliphatic carbocycles. The maximum Gasteiger partial charge on any atom is 0.143 e. The van der Waals surface area contributed by atoms with E-state index < -0.39 is 0 Å². The van der Waals surface area contributed by atoms with E-state index in [0.717, 1.165) is 28.3 Å². The van der Waals surface area contributed by atoms with Crippen LogP contribution in [0.3, 0.4) is 0 Å². The van der Waals surface area contributed by atoms with Crippen molar-refractivity contribution >= 4 is 57.7 Å². The summed E-state index contributed by atoms with van der Waals surface area (Å²) >= 11 is 20.5. The van der Waals surface area contributed by atoms with Gasteiger partial charge in [0.25, 0.3) is 0 Å². The summed E-state index contributed by atoms with van der Waals surface area (Å²) in [5.74, 6) is 0.778. The van der Waals surface area contributed by atoms with Gasteiger partial charge >= 0.3 is 0 Å². The molecule has 1 heterocycles.